The number of nitrogens with two attached hydrogens (primary N) is 1. The van der Waals surface area contributed by atoms with Crippen LogP contribution >= 0.6 is 0 Å². The Labute approximate surface area is 73.6 Å². The first-order valence-electron chi connectivity index (χ1n) is 3.04. The van der Waals surface area contributed by atoms with Crippen LogP contribution in [0.25, 0.3) is 0 Å². The van der Waals surface area contributed by atoms with Gasteiger partial charge in [0.25, 0.3) is 0 Å². The maximum atomic E-state index is 9.10. The maximum Gasteiger partial charge on any atom is 0.414 e. The lowest BCUT2D eigenvalue weighted by atomic mass is 10.3. The molecule has 0 aliphatic carbocycles. The molecule has 0 amide bonds. The lowest BCUT2D eigenvalue weighted by molar-refractivity contribution is -0.159. The Morgan fingerprint density at radius 3 is 1.69 bits per heavy atom. The number of carboxylic acids is 2. The van der Waals surface area contributed by atoms with E-state index in [4.69, 9.17) is 35.9 Å². The van der Waals surface area contributed by atoms with Gasteiger partial charge in [-0.2, -0.15) is 0 Å². The summed E-state index contributed by atoms with van der Waals surface area (Å²) in [6.45, 7) is 0.983. The number of nitrogens with one attached hydrogen (secondary N) is 1. The highest BCUT2D eigenvalue weighted by atomic mass is 16.4. The molecule has 1 atom stereocenters. The van der Waals surface area contributed by atoms with E-state index >= 15 is 0 Å². The topological polar surface area (TPSA) is 153 Å². The van der Waals surface area contributed by atoms with Crippen LogP contribution in [0.3, 0.4) is 0 Å². The maximum absolute atomic E-state index is 9.10. The summed E-state index contributed by atoms with van der Waals surface area (Å²) in [5.41, 5.74) is 0.663. The van der Waals surface area contributed by atoms with E-state index in [2.05, 4.69) is 0 Å². The van der Waals surface area contributed by atoms with Gasteiger partial charge in [-0.1, -0.05) is 0 Å². The van der Waals surface area contributed by atoms with Gasteiger partial charge in [-0.15, -0.1) is 0 Å². The molecule has 0 radical (unpaired) electrons. The molecule has 8 nitrogen and oxygen atoms in total. The normalized spacial score (nSPS) is 13.5. The second-order valence-electron chi connectivity index (χ2n) is 2.19. The Kier molecular flexibility index (Phi) is 6.95. The van der Waals surface area contributed by atoms with Crippen molar-refractivity contribution in [3.63, 3.8) is 0 Å². The summed E-state index contributed by atoms with van der Waals surface area (Å²) in [5, 5.41) is 31.6. The minimum absolute atomic E-state index is 0.385. The molecule has 0 rings (SSSR count). The monoisotopic (exact) mass is 196 g/mol. The Morgan fingerprint density at radius 1 is 1.38 bits per heavy atom. The number of rotatable bonds is 2. The molecule has 8 heteroatoms. The van der Waals surface area contributed by atoms with E-state index in [1.165, 1.54) is 6.92 Å². The second kappa shape index (κ2) is 6.31. The van der Waals surface area contributed by atoms with Gasteiger partial charge in [-0.05, 0) is 6.92 Å². The van der Waals surface area contributed by atoms with Crippen molar-refractivity contribution in [3.8, 4) is 0 Å². The lowest BCUT2D eigenvalue weighted by Crippen LogP contribution is -2.49. The van der Waals surface area contributed by atoms with Gasteiger partial charge in [-0.3, -0.25) is 5.84 Å². The summed E-state index contributed by atoms with van der Waals surface area (Å²) in [7, 11) is 0. The quantitative estimate of drug-likeness (QED) is 0.121. The predicted octanol–water partition coefficient (Wildman–Crippen LogP) is -2.69. The molecule has 0 fully saturated rings. The lowest BCUT2D eigenvalue weighted by Gasteiger charge is -2.17. The Hall–Kier alpha value is -1.22. The van der Waals surface area contributed by atoms with Crippen molar-refractivity contribution in [2.75, 3.05) is 6.61 Å². The SMILES string of the molecule is CC(O)(CO)NN.O=C(O)C(=O)O. The van der Waals surface area contributed by atoms with Gasteiger partial charge < -0.3 is 20.4 Å². The highest BCUT2D eigenvalue weighted by Crippen LogP contribution is 1.89. The Bertz CT molecular complexity index is 162. The summed E-state index contributed by atoms with van der Waals surface area (Å²) in [6, 6.07) is 0. The number of carbonyl (C=O) groups is 2. The van der Waals surface area contributed by atoms with Crippen LogP contribution in [0, 0.1) is 0 Å². The number of aliphatic hydroxyl groups is 2. The number of hydrazine groups is 1. The summed E-state index contributed by atoms with van der Waals surface area (Å²) in [4.78, 5) is 18.2. The molecule has 0 bridgehead atoms. The minimum atomic E-state index is -1.82. The number of aliphatic carboxylic acids is 2. The highest BCUT2D eigenvalue weighted by Gasteiger charge is 2.14. The van der Waals surface area contributed by atoms with E-state index in [0.717, 1.165) is 0 Å². The van der Waals surface area contributed by atoms with Crippen molar-refractivity contribution in [1.82, 2.24) is 5.43 Å². The zero-order valence-corrected chi connectivity index (χ0v) is 6.89. The number of hydrogen-bond donors (Lipinski definition) is 6. The van der Waals surface area contributed by atoms with Crippen LogP contribution in [0.15, 0.2) is 0 Å². The fourth-order valence-corrected chi connectivity index (χ4v) is 0.0456. The van der Waals surface area contributed by atoms with Gasteiger partial charge in [0, 0.05) is 0 Å². The van der Waals surface area contributed by atoms with E-state index in [-0.39, 0.29) is 6.61 Å². The molecule has 78 valence electrons. The Morgan fingerprint density at radius 2 is 1.69 bits per heavy atom. The summed E-state index contributed by atoms with van der Waals surface area (Å²) < 4.78 is 0. The van der Waals surface area contributed by atoms with Gasteiger partial charge in [0.1, 0.15) is 5.72 Å². The minimum Gasteiger partial charge on any atom is -0.473 e. The van der Waals surface area contributed by atoms with Crippen molar-refractivity contribution in [2.24, 2.45) is 5.84 Å². The molecule has 0 aromatic heterocycles. The summed E-state index contributed by atoms with van der Waals surface area (Å²) >= 11 is 0. The Balaban J connectivity index is 0. The molecule has 0 heterocycles. The van der Waals surface area contributed by atoms with E-state index < -0.39 is 17.7 Å². The fraction of sp³-hybridized carbons (Fsp3) is 0.600. The third-order valence-corrected chi connectivity index (χ3v) is 0.802. The molecule has 0 aliphatic heterocycles. The van der Waals surface area contributed by atoms with E-state index in [0.29, 0.717) is 0 Å². The molecular formula is C5H12N2O6. The van der Waals surface area contributed by atoms with Crippen molar-refractivity contribution in [3.05, 3.63) is 0 Å². The standard InChI is InChI=1S/C3H10N2O2.C2H2O4/c1-3(7,2-6)5-4;3-1(4)2(5)6/h5-7H,2,4H2,1H3;(H,3,4)(H,5,6). The zero-order valence-electron chi connectivity index (χ0n) is 6.89. The zero-order chi connectivity index (χ0) is 11.1. The van der Waals surface area contributed by atoms with Crippen LogP contribution in [0.5, 0.6) is 0 Å². The van der Waals surface area contributed by atoms with Crippen LogP contribution in [-0.4, -0.2) is 44.7 Å². The first-order valence-corrected chi connectivity index (χ1v) is 3.04. The van der Waals surface area contributed by atoms with Gasteiger partial charge in [-0.25, -0.2) is 15.0 Å². The van der Waals surface area contributed by atoms with Crippen molar-refractivity contribution < 1.29 is 30.0 Å². The summed E-state index contributed by atoms with van der Waals surface area (Å²) in [5.74, 6) is 1.11. The second-order valence-corrected chi connectivity index (χ2v) is 2.19. The molecule has 0 saturated carbocycles. The van der Waals surface area contributed by atoms with Crippen LogP contribution in [0.4, 0.5) is 0 Å². The van der Waals surface area contributed by atoms with Gasteiger partial charge in [0.2, 0.25) is 0 Å². The average molecular weight is 196 g/mol. The van der Waals surface area contributed by atoms with E-state index in [9.17, 15) is 0 Å². The number of aliphatic hydroxyl groups excluding tert-OH is 1. The molecule has 0 aliphatic rings. The smallest absolute Gasteiger partial charge is 0.414 e. The van der Waals surface area contributed by atoms with Gasteiger partial charge in [0.05, 0.1) is 6.61 Å². The van der Waals surface area contributed by atoms with Crippen molar-refractivity contribution in [1.29, 1.82) is 0 Å². The first-order chi connectivity index (χ1) is 5.76. The highest BCUT2D eigenvalue weighted by molar-refractivity contribution is 6.27. The molecule has 13 heavy (non-hydrogen) atoms. The molecule has 0 aromatic carbocycles. The molecule has 0 saturated heterocycles. The van der Waals surface area contributed by atoms with Gasteiger partial charge >= 0.3 is 11.9 Å². The van der Waals surface area contributed by atoms with Crippen LogP contribution in [0.2, 0.25) is 0 Å². The fourth-order valence-electron chi connectivity index (χ4n) is 0.0456. The van der Waals surface area contributed by atoms with Crippen molar-refractivity contribution >= 4 is 11.9 Å². The largest absolute Gasteiger partial charge is 0.473 e. The molecule has 0 aromatic rings. The van der Waals surface area contributed by atoms with Crippen LogP contribution in [-0.2, 0) is 9.59 Å². The first kappa shape index (κ1) is 14.3. The molecule has 0 spiro atoms. The molecule has 1 unspecified atom stereocenters. The molecule has 7 N–H and O–H groups in total. The van der Waals surface area contributed by atoms with Crippen LogP contribution < -0.4 is 11.3 Å². The third-order valence-electron chi connectivity index (χ3n) is 0.802. The van der Waals surface area contributed by atoms with Crippen LogP contribution in [0.1, 0.15) is 6.92 Å². The average Bonchev–Trinajstić information content (AvgIpc) is 2.05. The van der Waals surface area contributed by atoms with E-state index in [1.807, 2.05) is 5.43 Å². The number of hydrogen-bond acceptors (Lipinski definition) is 6. The van der Waals surface area contributed by atoms with E-state index in [1.54, 1.807) is 0 Å². The molecular weight excluding hydrogens is 184 g/mol. The van der Waals surface area contributed by atoms with Gasteiger partial charge in [0.15, 0.2) is 0 Å². The third kappa shape index (κ3) is 10.8. The summed E-state index contributed by atoms with van der Waals surface area (Å²) in [6.07, 6.45) is 0. The predicted molar refractivity (Wildman–Crippen MR) is 40.3 cm³/mol. The number of carboxylic acid groups (broad SMARTS) is 2. The van der Waals surface area contributed by atoms with Crippen molar-refractivity contribution in [2.45, 2.75) is 12.6 Å².